The molecule has 0 saturated carbocycles. The molecule has 25 heavy (non-hydrogen) atoms. The zero-order chi connectivity index (χ0) is 18.0. The Morgan fingerprint density at radius 2 is 1.96 bits per heavy atom. The van der Waals surface area contributed by atoms with Gasteiger partial charge in [-0.05, 0) is 42.8 Å². The lowest BCUT2D eigenvalue weighted by Crippen LogP contribution is -2.34. The number of hydrogen-bond donors (Lipinski definition) is 1. The number of nitrogens with zero attached hydrogens (tertiary/aromatic N) is 1. The van der Waals surface area contributed by atoms with E-state index in [-0.39, 0.29) is 24.1 Å². The normalized spacial score (nSPS) is 17.8. The molecule has 1 heterocycles. The Bertz CT molecular complexity index is 773. The van der Waals surface area contributed by atoms with Gasteiger partial charge in [-0.3, -0.25) is 9.69 Å². The fraction of sp³-hybridized carbons (Fsp3) is 0.316. The van der Waals surface area contributed by atoms with Crippen molar-refractivity contribution in [3.8, 4) is 0 Å². The van der Waals surface area contributed by atoms with Crippen LogP contribution in [-0.2, 0) is 17.4 Å². The molecule has 1 aliphatic heterocycles. The van der Waals surface area contributed by atoms with Crippen LogP contribution in [0.1, 0.15) is 29.2 Å². The van der Waals surface area contributed by atoms with Crippen LogP contribution >= 0.6 is 0 Å². The number of carbonyl (C=O) groups is 1. The molecule has 0 aromatic heterocycles. The number of carbonyl (C=O) groups excluding carboxylic acids is 1. The van der Waals surface area contributed by atoms with Crippen molar-refractivity contribution in [1.29, 1.82) is 0 Å². The number of halogens is 3. The minimum atomic E-state index is -4.43. The van der Waals surface area contributed by atoms with Gasteiger partial charge in [0.05, 0.1) is 5.56 Å². The number of alkyl halides is 3. The molecule has 1 N–H and O–H groups in total. The minimum Gasteiger partial charge on any atom is -0.326 e. The summed E-state index contributed by atoms with van der Waals surface area (Å²) in [5.41, 5.74) is 1.71. The lowest BCUT2D eigenvalue weighted by atomic mass is 9.91. The van der Waals surface area contributed by atoms with E-state index in [1.54, 1.807) is 0 Å². The molecule has 0 aliphatic carbocycles. The Balaban J connectivity index is 1.73. The van der Waals surface area contributed by atoms with Crippen molar-refractivity contribution in [2.24, 2.45) is 0 Å². The number of anilines is 1. The summed E-state index contributed by atoms with van der Waals surface area (Å²) in [7, 11) is 1.96. The summed E-state index contributed by atoms with van der Waals surface area (Å²) in [6.07, 6.45) is -3.30. The van der Waals surface area contributed by atoms with Crippen molar-refractivity contribution in [2.45, 2.75) is 25.1 Å². The minimum absolute atomic E-state index is 0.0734. The second-order valence-electron chi connectivity index (χ2n) is 6.28. The van der Waals surface area contributed by atoms with Crippen molar-refractivity contribution < 1.29 is 18.0 Å². The van der Waals surface area contributed by atoms with Gasteiger partial charge >= 0.3 is 6.18 Å². The van der Waals surface area contributed by atoms with Crippen molar-refractivity contribution in [1.82, 2.24) is 4.90 Å². The smallest absolute Gasteiger partial charge is 0.326 e. The second kappa shape index (κ2) is 6.88. The third kappa shape index (κ3) is 4.02. The van der Waals surface area contributed by atoms with Gasteiger partial charge in [0.1, 0.15) is 0 Å². The van der Waals surface area contributed by atoms with Gasteiger partial charge in [-0.15, -0.1) is 0 Å². The van der Waals surface area contributed by atoms with Crippen molar-refractivity contribution in [2.75, 3.05) is 18.9 Å². The van der Waals surface area contributed by atoms with Crippen LogP contribution in [0.2, 0.25) is 0 Å². The number of nitrogens with one attached hydrogen (secondary N) is 1. The Labute approximate surface area is 144 Å². The fourth-order valence-electron chi connectivity index (χ4n) is 3.20. The van der Waals surface area contributed by atoms with E-state index in [4.69, 9.17) is 0 Å². The summed E-state index contributed by atoms with van der Waals surface area (Å²) in [5, 5.41) is 2.59. The first-order valence-electron chi connectivity index (χ1n) is 8.10. The maximum absolute atomic E-state index is 12.8. The number of hydrogen-bond acceptors (Lipinski definition) is 2. The van der Waals surface area contributed by atoms with E-state index in [1.165, 1.54) is 17.7 Å². The third-order valence-corrected chi connectivity index (χ3v) is 4.53. The molecule has 0 spiro atoms. The Morgan fingerprint density at radius 1 is 1.20 bits per heavy atom. The molecule has 1 aliphatic rings. The number of rotatable bonds is 3. The first kappa shape index (κ1) is 17.5. The van der Waals surface area contributed by atoms with E-state index >= 15 is 0 Å². The first-order chi connectivity index (χ1) is 11.8. The van der Waals surface area contributed by atoms with Gasteiger partial charge in [0, 0.05) is 24.7 Å². The average molecular weight is 348 g/mol. The van der Waals surface area contributed by atoms with Gasteiger partial charge in [-0.25, -0.2) is 0 Å². The quantitative estimate of drug-likeness (QED) is 0.899. The van der Waals surface area contributed by atoms with E-state index < -0.39 is 11.7 Å². The van der Waals surface area contributed by atoms with E-state index in [0.29, 0.717) is 0 Å². The molecule has 0 bridgehead atoms. The molecule has 2 aromatic rings. The monoisotopic (exact) mass is 348 g/mol. The topological polar surface area (TPSA) is 32.3 Å². The summed E-state index contributed by atoms with van der Waals surface area (Å²) in [6.45, 7) is 0.846. The van der Waals surface area contributed by atoms with E-state index in [2.05, 4.69) is 16.3 Å². The summed E-state index contributed by atoms with van der Waals surface area (Å²) in [5.74, 6) is -0.298. The van der Waals surface area contributed by atoms with Gasteiger partial charge < -0.3 is 5.32 Å². The summed E-state index contributed by atoms with van der Waals surface area (Å²) < 4.78 is 38.3. The Morgan fingerprint density at radius 3 is 2.72 bits per heavy atom. The zero-order valence-electron chi connectivity index (χ0n) is 13.8. The first-order valence-corrected chi connectivity index (χ1v) is 8.10. The summed E-state index contributed by atoms with van der Waals surface area (Å²) in [4.78, 5) is 14.5. The fourth-order valence-corrected chi connectivity index (χ4v) is 3.20. The van der Waals surface area contributed by atoms with Gasteiger partial charge in [0.15, 0.2) is 0 Å². The molecular weight excluding hydrogens is 329 g/mol. The van der Waals surface area contributed by atoms with Crippen LogP contribution < -0.4 is 5.32 Å². The van der Waals surface area contributed by atoms with Crippen LogP contribution in [0.5, 0.6) is 0 Å². The predicted octanol–water partition coefficient (Wildman–Crippen LogP) is 4.26. The van der Waals surface area contributed by atoms with Crippen LogP contribution in [-0.4, -0.2) is 24.4 Å². The van der Waals surface area contributed by atoms with E-state index in [9.17, 15) is 18.0 Å². The molecule has 1 atom stereocenters. The van der Waals surface area contributed by atoms with Gasteiger partial charge in [0.25, 0.3) is 0 Å². The molecule has 132 valence electrons. The third-order valence-electron chi connectivity index (χ3n) is 4.53. The van der Waals surface area contributed by atoms with Crippen LogP contribution in [0.4, 0.5) is 18.9 Å². The highest BCUT2D eigenvalue weighted by Gasteiger charge is 2.31. The molecular formula is C19H19F3N2O. The van der Waals surface area contributed by atoms with Crippen LogP contribution in [0.3, 0.4) is 0 Å². The van der Waals surface area contributed by atoms with Crippen LogP contribution in [0.25, 0.3) is 0 Å². The van der Waals surface area contributed by atoms with Crippen LogP contribution in [0, 0.1) is 0 Å². The van der Waals surface area contributed by atoms with Gasteiger partial charge in [0.2, 0.25) is 5.91 Å². The molecule has 6 heteroatoms. The molecule has 0 radical (unpaired) electrons. The van der Waals surface area contributed by atoms with E-state index in [0.717, 1.165) is 30.7 Å². The molecule has 0 fully saturated rings. The Hall–Kier alpha value is -2.34. The molecule has 3 nitrogen and oxygen atoms in total. The van der Waals surface area contributed by atoms with Crippen LogP contribution in [0.15, 0.2) is 48.5 Å². The van der Waals surface area contributed by atoms with Gasteiger partial charge in [-0.2, -0.15) is 13.2 Å². The molecule has 0 saturated heterocycles. The van der Waals surface area contributed by atoms with Crippen molar-refractivity contribution in [3.63, 3.8) is 0 Å². The summed E-state index contributed by atoms with van der Waals surface area (Å²) >= 11 is 0. The highest BCUT2D eigenvalue weighted by atomic mass is 19.4. The number of benzene rings is 2. The molecule has 2 aromatic carbocycles. The zero-order valence-corrected chi connectivity index (χ0v) is 13.8. The highest BCUT2D eigenvalue weighted by Crippen LogP contribution is 2.32. The van der Waals surface area contributed by atoms with Gasteiger partial charge in [-0.1, -0.05) is 30.3 Å². The lowest BCUT2D eigenvalue weighted by molar-refractivity contribution is -0.137. The highest BCUT2D eigenvalue weighted by molar-refractivity contribution is 5.91. The Kier molecular flexibility index (Phi) is 4.81. The standard InChI is InChI=1S/C19H19F3N2O/c1-24-10-9-13-5-2-3-8-16(13)17(24)12-18(25)23-15-7-4-6-14(11-15)19(20,21)22/h2-8,11,17H,9-10,12H2,1H3,(H,23,25). The molecule has 1 amide bonds. The number of fused-ring (bicyclic) bond motifs is 1. The lowest BCUT2D eigenvalue weighted by Gasteiger charge is -2.34. The van der Waals surface area contributed by atoms with Crippen molar-refractivity contribution in [3.05, 3.63) is 65.2 Å². The average Bonchev–Trinajstić information content (AvgIpc) is 2.57. The van der Waals surface area contributed by atoms with Crippen molar-refractivity contribution >= 4 is 11.6 Å². The second-order valence-corrected chi connectivity index (χ2v) is 6.28. The molecule has 3 rings (SSSR count). The number of likely N-dealkylation sites (N-methyl/N-ethyl adjacent to an activating group) is 1. The maximum atomic E-state index is 12.8. The molecule has 1 unspecified atom stereocenters. The largest absolute Gasteiger partial charge is 0.416 e. The SMILES string of the molecule is CN1CCc2ccccc2C1CC(=O)Nc1cccc(C(F)(F)F)c1. The predicted molar refractivity (Wildman–Crippen MR) is 90.2 cm³/mol. The van der Waals surface area contributed by atoms with E-state index in [1.807, 2.05) is 25.2 Å². The summed E-state index contributed by atoms with van der Waals surface area (Å²) in [6, 6.07) is 12.6. The number of amides is 1. The maximum Gasteiger partial charge on any atom is 0.416 e.